The van der Waals surface area contributed by atoms with Crippen LogP contribution in [0.5, 0.6) is 0 Å². The molecule has 0 N–H and O–H groups in total. The molecule has 79 heavy (non-hydrogen) atoms. The zero-order valence-electron chi connectivity index (χ0n) is 51.9. The second-order valence-electron chi connectivity index (χ2n) is 22.0. The minimum atomic E-state index is -0.812. The first-order chi connectivity index (χ1) is 39.0. The highest BCUT2D eigenvalue weighted by Gasteiger charge is 2.19. The first-order valence-electron chi connectivity index (χ1n) is 33.4. The van der Waals surface area contributed by atoms with E-state index in [0.717, 1.165) is 83.5 Å². The maximum atomic E-state index is 12.9. The van der Waals surface area contributed by atoms with E-state index < -0.39 is 6.10 Å². The van der Waals surface area contributed by atoms with Crippen LogP contribution in [-0.2, 0) is 28.6 Å². The fourth-order valence-corrected chi connectivity index (χ4v) is 9.26. The van der Waals surface area contributed by atoms with Crippen molar-refractivity contribution in [2.24, 2.45) is 0 Å². The maximum absolute atomic E-state index is 12.9. The van der Waals surface area contributed by atoms with E-state index >= 15 is 0 Å². The number of hydrogen-bond donors (Lipinski definition) is 0. The van der Waals surface area contributed by atoms with Gasteiger partial charge < -0.3 is 14.2 Å². The summed E-state index contributed by atoms with van der Waals surface area (Å²) in [5.41, 5.74) is 0. The van der Waals surface area contributed by atoms with E-state index in [2.05, 4.69) is 124 Å². The van der Waals surface area contributed by atoms with Crippen molar-refractivity contribution in [3.05, 3.63) is 109 Å². The van der Waals surface area contributed by atoms with Gasteiger partial charge in [0.25, 0.3) is 0 Å². The monoisotopic (exact) mass is 1100 g/mol. The molecule has 0 rings (SSSR count). The van der Waals surface area contributed by atoms with Crippen LogP contribution in [0.3, 0.4) is 0 Å². The van der Waals surface area contributed by atoms with Gasteiger partial charge in [-0.2, -0.15) is 0 Å². The van der Waals surface area contributed by atoms with Crippen molar-refractivity contribution < 1.29 is 28.6 Å². The number of carbonyl (C=O) groups is 3. The molecular formula is C73H124O6. The molecule has 452 valence electrons. The smallest absolute Gasteiger partial charge is 0.306 e. The predicted octanol–water partition coefficient (Wildman–Crippen LogP) is 23.0. The Kier molecular flexibility index (Phi) is 63.3. The molecule has 0 aromatic carbocycles. The molecule has 0 fully saturated rings. The van der Waals surface area contributed by atoms with Gasteiger partial charge in [-0.15, -0.1) is 0 Å². The molecule has 1 atom stereocenters. The average molecular weight is 1100 g/mol. The van der Waals surface area contributed by atoms with Crippen LogP contribution in [-0.4, -0.2) is 37.2 Å². The Bertz CT molecular complexity index is 1590. The number of carbonyl (C=O) groups excluding carboxylic acids is 3. The van der Waals surface area contributed by atoms with E-state index in [9.17, 15) is 14.4 Å². The SMILES string of the molecule is CC/C=C\C/C=C\C/C=C\C/C=C\CCC(=O)OCC(COC(=O)CCCCCCCCCCCCCCCC/C=C\C/C=C\C/C=C\CCCCCCC)OC(=O)CCCCCCCCCCC/C=C\C/C=C\CCCCC. The summed E-state index contributed by atoms with van der Waals surface area (Å²) in [6.45, 7) is 6.44. The fourth-order valence-electron chi connectivity index (χ4n) is 9.26. The van der Waals surface area contributed by atoms with Crippen LogP contribution in [0, 0.1) is 0 Å². The Balaban J connectivity index is 4.30. The molecule has 0 aliphatic heterocycles. The normalized spacial score (nSPS) is 12.8. The van der Waals surface area contributed by atoms with Crippen molar-refractivity contribution in [1.82, 2.24) is 0 Å². The van der Waals surface area contributed by atoms with Gasteiger partial charge in [0.1, 0.15) is 13.2 Å². The Morgan fingerprint density at radius 2 is 0.519 bits per heavy atom. The number of hydrogen-bond acceptors (Lipinski definition) is 6. The standard InChI is InChI=1S/C73H124O6/c1-4-7-10-13-16-19-22-25-27-29-31-32-33-34-35-36-37-38-39-40-42-43-45-48-51-54-57-60-63-66-72(75)78-69-70(68-77-71(74)65-62-59-56-53-50-47-24-21-18-15-12-9-6-3)79-73(76)67-64-61-58-55-52-49-46-44-41-30-28-26-23-20-17-14-11-8-5-2/h9,12,17-18,20-22,25-26,28-29,31,33-34,47,50,56,59,70H,4-8,10-11,13-16,19,23-24,27,30,32,35-46,48-49,51-55,57-58,60-69H2,1-3H3/b12-9-,20-17-,21-18-,25-22-,28-26-,31-29-,34-33-,50-47-,59-56-. The molecule has 0 aromatic rings. The van der Waals surface area contributed by atoms with Crippen molar-refractivity contribution in [1.29, 1.82) is 0 Å². The molecule has 0 heterocycles. The summed E-state index contributed by atoms with van der Waals surface area (Å²) in [6, 6.07) is 0. The van der Waals surface area contributed by atoms with Crippen LogP contribution in [0.4, 0.5) is 0 Å². The van der Waals surface area contributed by atoms with Gasteiger partial charge in [0.2, 0.25) is 0 Å². The minimum absolute atomic E-state index is 0.102. The lowest BCUT2D eigenvalue weighted by molar-refractivity contribution is -0.166. The van der Waals surface area contributed by atoms with Gasteiger partial charge in [-0.05, 0) is 116 Å². The van der Waals surface area contributed by atoms with Crippen molar-refractivity contribution >= 4 is 17.9 Å². The van der Waals surface area contributed by atoms with Crippen molar-refractivity contribution in [3.63, 3.8) is 0 Å². The summed E-state index contributed by atoms with van der Waals surface area (Å²) in [5.74, 6) is -0.984. The number of allylic oxidation sites excluding steroid dienone is 18. The number of ether oxygens (including phenoxy) is 3. The molecule has 0 aliphatic carbocycles. The second-order valence-corrected chi connectivity index (χ2v) is 22.0. The molecule has 0 bridgehead atoms. The molecule has 0 aliphatic rings. The number of rotatable bonds is 60. The summed E-state index contributed by atoms with van der Waals surface area (Å²) < 4.78 is 16.9. The highest BCUT2D eigenvalue weighted by Crippen LogP contribution is 2.16. The number of esters is 3. The number of unbranched alkanes of at least 4 members (excludes halogenated alkanes) is 31. The van der Waals surface area contributed by atoms with Gasteiger partial charge in [-0.25, -0.2) is 0 Å². The fraction of sp³-hybridized carbons (Fsp3) is 0.712. The van der Waals surface area contributed by atoms with Gasteiger partial charge in [0, 0.05) is 19.3 Å². The first kappa shape index (κ1) is 75.1. The summed E-state index contributed by atoms with van der Waals surface area (Å²) >= 11 is 0. The van der Waals surface area contributed by atoms with Crippen LogP contribution in [0.2, 0.25) is 0 Å². The Hall–Kier alpha value is -3.93. The Morgan fingerprint density at radius 3 is 0.873 bits per heavy atom. The molecule has 0 amide bonds. The summed E-state index contributed by atoms with van der Waals surface area (Å²) in [7, 11) is 0. The molecule has 0 radical (unpaired) electrons. The van der Waals surface area contributed by atoms with E-state index in [1.807, 2.05) is 6.08 Å². The molecule has 6 nitrogen and oxygen atoms in total. The van der Waals surface area contributed by atoms with Gasteiger partial charge >= 0.3 is 17.9 Å². The van der Waals surface area contributed by atoms with Crippen molar-refractivity contribution in [2.45, 2.75) is 322 Å². The van der Waals surface area contributed by atoms with Crippen LogP contribution >= 0.6 is 0 Å². The van der Waals surface area contributed by atoms with Crippen molar-refractivity contribution in [2.75, 3.05) is 13.2 Å². The molecule has 6 heteroatoms. The highest BCUT2D eigenvalue weighted by molar-refractivity contribution is 5.71. The zero-order valence-corrected chi connectivity index (χ0v) is 51.9. The third-order valence-electron chi connectivity index (χ3n) is 14.2. The molecule has 0 spiro atoms. The van der Waals surface area contributed by atoms with Crippen LogP contribution in [0.1, 0.15) is 316 Å². The highest BCUT2D eigenvalue weighted by atomic mass is 16.6. The van der Waals surface area contributed by atoms with Crippen LogP contribution < -0.4 is 0 Å². The molecular weight excluding hydrogens is 973 g/mol. The van der Waals surface area contributed by atoms with Gasteiger partial charge in [0.15, 0.2) is 6.10 Å². The second kappa shape index (κ2) is 66.6. The molecule has 1 unspecified atom stereocenters. The lowest BCUT2D eigenvalue weighted by Gasteiger charge is -2.18. The summed E-state index contributed by atoms with van der Waals surface area (Å²) in [4.78, 5) is 38.3. The van der Waals surface area contributed by atoms with Crippen molar-refractivity contribution in [3.8, 4) is 0 Å². The lowest BCUT2D eigenvalue weighted by Crippen LogP contribution is -2.30. The Morgan fingerprint density at radius 1 is 0.266 bits per heavy atom. The average Bonchev–Trinajstić information content (AvgIpc) is 3.45. The van der Waals surface area contributed by atoms with E-state index in [0.29, 0.717) is 19.3 Å². The van der Waals surface area contributed by atoms with E-state index in [-0.39, 0.29) is 37.5 Å². The quantitative estimate of drug-likeness (QED) is 0.0261. The molecule has 0 aromatic heterocycles. The third-order valence-corrected chi connectivity index (χ3v) is 14.2. The van der Waals surface area contributed by atoms with Gasteiger partial charge in [0.05, 0.1) is 0 Å². The van der Waals surface area contributed by atoms with Crippen LogP contribution in [0.25, 0.3) is 0 Å². The maximum Gasteiger partial charge on any atom is 0.306 e. The molecule has 0 saturated heterocycles. The first-order valence-corrected chi connectivity index (χ1v) is 33.4. The van der Waals surface area contributed by atoms with Gasteiger partial charge in [-0.1, -0.05) is 291 Å². The topological polar surface area (TPSA) is 78.9 Å². The zero-order chi connectivity index (χ0) is 57.1. The third kappa shape index (κ3) is 64.8. The summed E-state index contributed by atoms with van der Waals surface area (Å²) in [6.07, 6.45) is 91.2. The predicted molar refractivity (Wildman–Crippen MR) is 343 cm³/mol. The van der Waals surface area contributed by atoms with E-state index in [1.54, 1.807) is 0 Å². The van der Waals surface area contributed by atoms with Crippen LogP contribution in [0.15, 0.2) is 109 Å². The van der Waals surface area contributed by atoms with Gasteiger partial charge in [-0.3, -0.25) is 14.4 Å². The van der Waals surface area contributed by atoms with E-state index in [4.69, 9.17) is 14.2 Å². The molecule has 0 saturated carbocycles. The van der Waals surface area contributed by atoms with E-state index in [1.165, 1.54) is 186 Å². The Labute approximate surface area is 489 Å². The lowest BCUT2D eigenvalue weighted by atomic mass is 10.0. The summed E-state index contributed by atoms with van der Waals surface area (Å²) in [5, 5.41) is 0. The largest absolute Gasteiger partial charge is 0.462 e. The minimum Gasteiger partial charge on any atom is -0.462 e.